The van der Waals surface area contributed by atoms with E-state index in [0.717, 1.165) is 19.5 Å². The highest BCUT2D eigenvalue weighted by Gasteiger charge is 2.10. The summed E-state index contributed by atoms with van der Waals surface area (Å²) in [6.45, 7) is 1.73. The molecule has 4 heteroatoms. The monoisotopic (exact) mass is 117 g/mol. The summed E-state index contributed by atoms with van der Waals surface area (Å²) in [7, 11) is 0. The molecule has 0 spiro atoms. The Balaban J connectivity index is 2.13. The zero-order chi connectivity index (χ0) is 5.82. The fourth-order valence-electron chi connectivity index (χ4n) is 0.726. The van der Waals surface area contributed by atoms with Crippen LogP contribution in [-0.2, 0) is 4.84 Å². The lowest BCUT2D eigenvalue weighted by atomic mass is 10.2. The van der Waals surface area contributed by atoms with Crippen LogP contribution in [0, 0.1) is 0 Å². The van der Waals surface area contributed by atoms with Crippen molar-refractivity contribution in [3.8, 4) is 0 Å². The molecular weight excluding hydrogens is 106 g/mol. The first-order valence-corrected chi connectivity index (χ1v) is 2.75. The van der Waals surface area contributed by atoms with E-state index in [1.54, 1.807) is 0 Å². The van der Waals surface area contributed by atoms with Gasteiger partial charge in [-0.15, -0.1) is 0 Å². The van der Waals surface area contributed by atoms with Crippen LogP contribution in [0.4, 0.5) is 0 Å². The molecule has 0 bridgehead atoms. The molecule has 0 unspecified atom stereocenters. The van der Waals surface area contributed by atoms with Crippen molar-refractivity contribution < 1.29 is 4.84 Å². The third kappa shape index (κ3) is 1.41. The van der Waals surface area contributed by atoms with Crippen LogP contribution in [0.1, 0.15) is 6.42 Å². The molecule has 1 rings (SSSR count). The van der Waals surface area contributed by atoms with Crippen molar-refractivity contribution in [3.05, 3.63) is 0 Å². The molecular formula is C4H11N3O. The van der Waals surface area contributed by atoms with Crippen molar-refractivity contribution in [1.29, 1.82) is 0 Å². The van der Waals surface area contributed by atoms with E-state index in [-0.39, 0.29) is 6.10 Å². The Hall–Kier alpha value is -0.160. The molecule has 0 saturated carbocycles. The Morgan fingerprint density at radius 1 is 1.50 bits per heavy atom. The predicted octanol–water partition coefficient (Wildman–Crippen LogP) is -1.26. The number of nitrogens with two attached hydrogens (primary N) is 1. The number of rotatable bonds is 1. The van der Waals surface area contributed by atoms with Crippen LogP contribution in [0.3, 0.4) is 0 Å². The van der Waals surface area contributed by atoms with E-state index in [1.807, 2.05) is 0 Å². The lowest BCUT2D eigenvalue weighted by Crippen LogP contribution is -2.47. The van der Waals surface area contributed by atoms with Crippen molar-refractivity contribution in [3.63, 3.8) is 0 Å². The van der Waals surface area contributed by atoms with Gasteiger partial charge in [-0.1, -0.05) is 0 Å². The first kappa shape index (κ1) is 5.97. The third-order valence-corrected chi connectivity index (χ3v) is 1.24. The van der Waals surface area contributed by atoms with Crippen molar-refractivity contribution in [1.82, 2.24) is 10.9 Å². The smallest absolute Gasteiger partial charge is 0.0937 e. The molecule has 0 aromatic heterocycles. The number of hydrogen-bond acceptors (Lipinski definition) is 4. The molecule has 0 aliphatic carbocycles. The molecule has 4 nitrogen and oxygen atoms in total. The number of hydrogen-bond donors (Lipinski definition) is 3. The van der Waals surface area contributed by atoms with Gasteiger partial charge in [0.1, 0.15) is 0 Å². The summed E-state index contributed by atoms with van der Waals surface area (Å²) in [5.74, 6) is 4.94. The summed E-state index contributed by atoms with van der Waals surface area (Å²) in [4.78, 5) is 4.59. The van der Waals surface area contributed by atoms with Crippen molar-refractivity contribution >= 4 is 0 Å². The SMILES string of the molecule is NO[C@@H]1CCNNC1. The van der Waals surface area contributed by atoms with Crippen molar-refractivity contribution in [2.24, 2.45) is 5.90 Å². The Morgan fingerprint density at radius 2 is 2.38 bits per heavy atom. The second-order valence-electron chi connectivity index (χ2n) is 1.85. The molecule has 1 aliphatic rings. The lowest BCUT2D eigenvalue weighted by Gasteiger charge is -2.20. The highest BCUT2D eigenvalue weighted by Crippen LogP contribution is 1.94. The molecule has 1 atom stereocenters. The minimum atomic E-state index is 0.191. The van der Waals surface area contributed by atoms with Crippen molar-refractivity contribution in [2.45, 2.75) is 12.5 Å². The first-order valence-electron chi connectivity index (χ1n) is 2.75. The number of nitrogens with one attached hydrogen (secondary N) is 2. The highest BCUT2D eigenvalue weighted by molar-refractivity contribution is 4.64. The van der Waals surface area contributed by atoms with Gasteiger partial charge < -0.3 is 0 Å². The summed E-state index contributed by atoms with van der Waals surface area (Å²) in [5, 5.41) is 0. The molecule has 0 aromatic carbocycles. The molecule has 0 radical (unpaired) electrons. The molecule has 4 N–H and O–H groups in total. The van der Waals surface area contributed by atoms with Crippen LogP contribution < -0.4 is 16.7 Å². The quantitative estimate of drug-likeness (QED) is 0.375. The van der Waals surface area contributed by atoms with Gasteiger partial charge >= 0.3 is 0 Å². The minimum absolute atomic E-state index is 0.191. The lowest BCUT2D eigenvalue weighted by molar-refractivity contribution is 0.0325. The van der Waals surface area contributed by atoms with Crippen LogP contribution in [0.25, 0.3) is 0 Å². The van der Waals surface area contributed by atoms with Crippen LogP contribution >= 0.6 is 0 Å². The second-order valence-corrected chi connectivity index (χ2v) is 1.85. The standard InChI is InChI=1S/C4H11N3O/c5-8-4-1-2-6-7-3-4/h4,6-7H,1-3,5H2/t4-/m1/s1. The Morgan fingerprint density at radius 3 is 2.75 bits per heavy atom. The zero-order valence-corrected chi connectivity index (χ0v) is 4.68. The van der Waals surface area contributed by atoms with Gasteiger partial charge in [0.05, 0.1) is 6.10 Å². The maximum absolute atomic E-state index is 4.94. The van der Waals surface area contributed by atoms with Gasteiger partial charge in [-0.25, -0.2) is 5.90 Å². The highest BCUT2D eigenvalue weighted by atomic mass is 16.6. The number of hydrazine groups is 1. The van der Waals surface area contributed by atoms with E-state index in [4.69, 9.17) is 5.90 Å². The van der Waals surface area contributed by atoms with Crippen molar-refractivity contribution in [2.75, 3.05) is 13.1 Å². The molecule has 0 amide bonds. The first-order chi connectivity index (χ1) is 3.93. The summed E-state index contributed by atoms with van der Waals surface area (Å²) in [6, 6.07) is 0. The molecule has 1 aliphatic heterocycles. The Bertz CT molecular complexity index is 62.3. The molecule has 0 aromatic rings. The van der Waals surface area contributed by atoms with Crippen LogP contribution in [0.2, 0.25) is 0 Å². The van der Waals surface area contributed by atoms with E-state index in [2.05, 4.69) is 15.7 Å². The molecule has 48 valence electrons. The largest absolute Gasteiger partial charge is 0.300 e. The zero-order valence-electron chi connectivity index (χ0n) is 4.68. The summed E-state index contributed by atoms with van der Waals surface area (Å²) in [6.07, 6.45) is 1.18. The minimum Gasteiger partial charge on any atom is -0.300 e. The van der Waals surface area contributed by atoms with Gasteiger partial charge in [-0.2, -0.15) is 0 Å². The molecule has 1 saturated heterocycles. The molecule has 8 heavy (non-hydrogen) atoms. The van der Waals surface area contributed by atoms with Gasteiger partial charge in [0, 0.05) is 13.1 Å². The van der Waals surface area contributed by atoms with Gasteiger partial charge in [0.2, 0.25) is 0 Å². The molecule has 1 heterocycles. The third-order valence-electron chi connectivity index (χ3n) is 1.24. The average Bonchev–Trinajstić information content (AvgIpc) is 1.90. The van der Waals surface area contributed by atoms with Crippen LogP contribution in [0.15, 0.2) is 0 Å². The topological polar surface area (TPSA) is 59.3 Å². The maximum Gasteiger partial charge on any atom is 0.0937 e. The fraction of sp³-hybridized carbons (Fsp3) is 1.00. The Kier molecular flexibility index (Phi) is 2.23. The fourth-order valence-corrected chi connectivity index (χ4v) is 0.726. The van der Waals surface area contributed by atoms with E-state index in [9.17, 15) is 0 Å². The predicted molar refractivity (Wildman–Crippen MR) is 29.7 cm³/mol. The van der Waals surface area contributed by atoms with E-state index >= 15 is 0 Å². The van der Waals surface area contributed by atoms with E-state index < -0.39 is 0 Å². The van der Waals surface area contributed by atoms with E-state index in [0.29, 0.717) is 0 Å². The molecule has 1 fully saturated rings. The van der Waals surface area contributed by atoms with Gasteiger partial charge in [0.15, 0.2) is 0 Å². The summed E-state index contributed by atoms with van der Waals surface area (Å²) >= 11 is 0. The van der Waals surface area contributed by atoms with Gasteiger partial charge in [0.25, 0.3) is 0 Å². The van der Waals surface area contributed by atoms with Gasteiger partial charge in [-0.3, -0.25) is 15.7 Å². The average molecular weight is 117 g/mol. The van der Waals surface area contributed by atoms with Gasteiger partial charge in [-0.05, 0) is 6.42 Å². The second kappa shape index (κ2) is 2.99. The van der Waals surface area contributed by atoms with Crippen LogP contribution in [0.5, 0.6) is 0 Å². The Labute approximate surface area is 48.3 Å². The maximum atomic E-state index is 4.94. The summed E-state index contributed by atoms with van der Waals surface area (Å²) < 4.78 is 0. The summed E-state index contributed by atoms with van der Waals surface area (Å²) in [5.41, 5.74) is 5.89. The van der Waals surface area contributed by atoms with E-state index in [1.165, 1.54) is 0 Å². The normalized spacial score (nSPS) is 30.4. The van der Waals surface area contributed by atoms with Crippen LogP contribution in [-0.4, -0.2) is 19.2 Å².